The van der Waals surface area contributed by atoms with Crippen LogP contribution in [0.1, 0.15) is 5.56 Å². The fourth-order valence-electron chi connectivity index (χ4n) is 1.60. The van der Waals surface area contributed by atoms with Crippen molar-refractivity contribution in [3.05, 3.63) is 52.8 Å². The molecule has 0 unspecified atom stereocenters. The van der Waals surface area contributed by atoms with Crippen LogP contribution in [0, 0.1) is 17.1 Å². The Morgan fingerprint density at radius 3 is 2.58 bits per heavy atom. The molecule has 1 N–H and O–H groups in total. The largest absolute Gasteiger partial charge is 0.494 e. The highest BCUT2D eigenvalue weighted by atomic mass is 35.5. The lowest BCUT2D eigenvalue weighted by atomic mass is 10.2. The summed E-state index contributed by atoms with van der Waals surface area (Å²) < 4.78 is 18.2. The molecule has 0 saturated carbocycles. The molecule has 0 radical (unpaired) electrons. The van der Waals surface area contributed by atoms with Crippen LogP contribution in [0.5, 0.6) is 5.75 Å². The molecular weight excluding hydrogens is 267 g/mol. The molecule has 0 aromatic heterocycles. The Bertz CT molecular complexity index is 652. The first-order chi connectivity index (χ1) is 9.13. The predicted octanol–water partition coefficient (Wildman–Crippen LogP) is 4.10. The number of ether oxygens (including phenoxy) is 1. The molecule has 19 heavy (non-hydrogen) atoms. The summed E-state index contributed by atoms with van der Waals surface area (Å²) in [5.74, 6) is -0.00579. The Balaban J connectivity index is 2.34. The molecule has 96 valence electrons. The van der Waals surface area contributed by atoms with Gasteiger partial charge in [0.15, 0.2) is 0 Å². The van der Waals surface area contributed by atoms with Crippen LogP contribution in [0.25, 0.3) is 0 Å². The molecular formula is C14H10ClFN2O. The van der Waals surface area contributed by atoms with E-state index in [1.807, 2.05) is 6.07 Å². The van der Waals surface area contributed by atoms with Crippen LogP contribution in [0.2, 0.25) is 5.02 Å². The zero-order valence-corrected chi connectivity index (χ0v) is 10.8. The Hall–Kier alpha value is -2.25. The molecule has 0 fully saturated rings. The second-order valence-corrected chi connectivity index (χ2v) is 4.18. The molecule has 0 saturated heterocycles. The van der Waals surface area contributed by atoms with E-state index >= 15 is 0 Å². The minimum absolute atomic E-state index is 0.375. The topological polar surface area (TPSA) is 45.0 Å². The van der Waals surface area contributed by atoms with Crippen molar-refractivity contribution in [2.24, 2.45) is 0 Å². The third-order valence-corrected chi connectivity index (χ3v) is 2.84. The summed E-state index contributed by atoms with van der Waals surface area (Å²) in [6.45, 7) is 0. The van der Waals surface area contributed by atoms with Gasteiger partial charge in [0.05, 0.1) is 35.1 Å². The molecule has 0 bridgehead atoms. The molecule has 0 heterocycles. The number of nitrogens with zero attached hydrogens (tertiary/aromatic N) is 1. The summed E-state index contributed by atoms with van der Waals surface area (Å²) in [5.41, 5.74) is 1.68. The molecule has 0 aliphatic heterocycles. The molecule has 3 nitrogen and oxygen atoms in total. The zero-order chi connectivity index (χ0) is 13.8. The van der Waals surface area contributed by atoms with Gasteiger partial charge in [-0.2, -0.15) is 5.26 Å². The van der Waals surface area contributed by atoms with Crippen molar-refractivity contribution in [3.8, 4) is 11.8 Å². The second-order valence-electron chi connectivity index (χ2n) is 3.78. The van der Waals surface area contributed by atoms with Gasteiger partial charge in [-0.15, -0.1) is 0 Å². The highest BCUT2D eigenvalue weighted by Crippen LogP contribution is 2.31. The molecule has 0 atom stereocenters. The molecule has 0 spiro atoms. The van der Waals surface area contributed by atoms with Gasteiger partial charge in [0, 0.05) is 6.07 Å². The van der Waals surface area contributed by atoms with Gasteiger partial charge in [0.1, 0.15) is 11.6 Å². The monoisotopic (exact) mass is 276 g/mol. The number of nitriles is 1. The molecule has 2 rings (SSSR count). The van der Waals surface area contributed by atoms with Crippen LogP contribution >= 0.6 is 11.6 Å². The number of methoxy groups -OCH3 is 1. The normalized spacial score (nSPS) is 9.79. The third-order valence-electron chi connectivity index (χ3n) is 2.53. The summed E-state index contributed by atoms with van der Waals surface area (Å²) >= 11 is 6.06. The maximum absolute atomic E-state index is 13.1. The molecule has 5 heteroatoms. The fourth-order valence-corrected chi connectivity index (χ4v) is 1.83. The van der Waals surface area contributed by atoms with E-state index in [0.29, 0.717) is 27.7 Å². The van der Waals surface area contributed by atoms with E-state index in [1.165, 1.54) is 19.2 Å². The smallest absolute Gasteiger partial charge is 0.145 e. The van der Waals surface area contributed by atoms with Gasteiger partial charge >= 0.3 is 0 Å². The van der Waals surface area contributed by atoms with Gasteiger partial charge in [-0.25, -0.2) is 4.39 Å². The number of benzene rings is 2. The maximum Gasteiger partial charge on any atom is 0.145 e. The minimum atomic E-state index is -0.381. The highest BCUT2D eigenvalue weighted by Gasteiger charge is 2.07. The summed E-state index contributed by atoms with van der Waals surface area (Å²) in [6, 6.07) is 11.0. The van der Waals surface area contributed by atoms with Crippen LogP contribution in [0.15, 0.2) is 36.4 Å². The van der Waals surface area contributed by atoms with Gasteiger partial charge in [-0.1, -0.05) is 11.6 Å². The number of anilines is 2. The second kappa shape index (κ2) is 5.59. The van der Waals surface area contributed by atoms with Crippen LogP contribution in [0.3, 0.4) is 0 Å². The zero-order valence-electron chi connectivity index (χ0n) is 10.1. The van der Waals surface area contributed by atoms with Crippen molar-refractivity contribution in [2.75, 3.05) is 12.4 Å². The number of halogens is 2. The van der Waals surface area contributed by atoms with Crippen molar-refractivity contribution >= 4 is 23.0 Å². The van der Waals surface area contributed by atoms with E-state index in [1.54, 1.807) is 24.3 Å². The fraction of sp³-hybridized carbons (Fsp3) is 0.0714. The van der Waals surface area contributed by atoms with Gasteiger partial charge in [0.2, 0.25) is 0 Å². The molecule has 2 aromatic carbocycles. The quantitative estimate of drug-likeness (QED) is 0.918. The summed E-state index contributed by atoms with van der Waals surface area (Å²) in [5, 5.41) is 12.2. The van der Waals surface area contributed by atoms with Crippen molar-refractivity contribution in [1.29, 1.82) is 5.26 Å². The standard InChI is InChI=1S/C14H10ClFN2O/c1-19-14-7-10(16)3-5-13(14)18-12-4-2-9(8-17)6-11(12)15/h2-7,18H,1H3. The average molecular weight is 277 g/mol. The predicted molar refractivity (Wildman–Crippen MR) is 72.4 cm³/mol. The van der Waals surface area contributed by atoms with Crippen molar-refractivity contribution in [3.63, 3.8) is 0 Å². The third kappa shape index (κ3) is 2.95. The Morgan fingerprint density at radius 2 is 1.95 bits per heavy atom. The number of hydrogen-bond donors (Lipinski definition) is 1. The summed E-state index contributed by atoms with van der Waals surface area (Å²) in [7, 11) is 1.46. The first kappa shape index (κ1) is 13.2. The maximum atomic E-state index is 13.1. The number of hydrogen-bond acceptors (Lipinski definition) is 3. The Morgan fingerprint density at radius 1 is 1.21 bits per heavy atom. The van der Waals surface area contributed by atoms with Gasteiger partial charge in [-0.3, -0.25) is 0 Å². The highest BCUT2D eigenvalue weighted by molar-refractivity contribution is 6.33. The van der Waals surface area contributed by atoms with Crippen LogP contribution < -0.4 is 10.1 Å². The van der Waals surface area contributed by atoms with E-state index in [9.17, 15) is 4.39 Å². The van der Waals surface area contributed by atoms with Crippen molar-refractivity contribution < 1.29 is 9.13 Å². The first-order valence-corrected chi connectivity index (χ1v) is 5.82. The van der Waals surface area contributed by atoms with E-state index in [2.05, 4.69) is 5.32 Å². The van der Waals surface area contributed by atoms with Gasteiger partial charge in [0.25, 0.3) is 0 Å². The van der Waals surface area contributed by atoms with Crippen LogP contribution in [-0.2, 0) is 0 Å². The van der Waals surface area contributed by atoms with E-state index < -0.39 is 0 Å². The van der Waals surface area contributed by atoms with Crippen molar-refractivity contribution in [1.82, 2.24) is 0 Å². The van der Waals surface area contributed by atoms with E-state index in [-0.39, 0.29) is 5.82 Å². The van der Waals surface area contributed by atoms with Gasteiger partial charge < -0.3 is 10.1 Å². The van der Waals surface area contributed by atoms with E-state index in [0.717, 1.165) is 0 Å². The van der Waals surface area contributed by atoms with Crippen LogP contribution in [0.4, 0.5) is 15.8 Å². The molecule has 0 aliphatic carbocycles. The lowest BCUT2D eigenvalue weighted by Gasteiger charge is -2.12. The summed E-state index contributed by atoms with van der Waals surface area (Å²) in [6.07, 6.45) is 0. The minimum Gasteiger partial charge on any atom is -0.494 e. The molecule has 0 aliphatic rings. The molecule has 2 aromatic rings. The SMILES string of the molecule is COc1cc(F)ccc1Nc1ccc(C#N)cc1Cl. The lowest BCUT2D eigenvalue weighted by molar-refractivity contribution is 0.413. The molecule has 0 amide bonds. The van der Waals surface area contributed by atoms with Crippen molar-refractivity contribution in [2.45, 2.75) is 0 Å². The van der Waals surface area contributed by atoms with Gasteiger partial charge in [-0.05, 0) is 30.3 Å². The Kier molecular flexibility index (Phi) is 3.88. The Labute approximate surface area is 115 Å². The van der Waals surface area contributed by atoms with E-state index in [4.69, 9.17) is 21.6 Å². The van der Waals surface area contributed by atoms with Crippen LogP contribution in [-0.4, -0.2) is 7.11 Å². The number of rotatable bonds is 3. The number of nitrogens with one attached hydrogen (secondary N) is 1. The average Bonchev–Trinajstić information content (AvgIpc) is 2.42. The summed E-state index contributed by atoms with van der Waals surface area (Å²) in [4.78, 5) is 0. The first-order valence-electron chi connectivity index (χ1n) is 5.44. The lowest BCUT2D eigenvalue weighted by Crippen LogP contribution is -1.96.